The van der Waals surface area contributed by atoms with Crippen molar-refractivity contribution in [3.05, 3.63) is 48.7 Å². The normalized spacial score (nSPS) is 17.3. The number of hydrogen-bond donors (Lipinski definition) is 1. The monoisotopic (exact) mass is 285 g/mol. The molecule has 0 amide bonds. The lowest BCUT2D eigenvalue weighted by Gasteiger charge is -2.34. The van der Waals surface area contributed by atoms with Gasteiger partial charge in [-0.05, 0) is 11.6 Å². The highest BCUT2D eigenvalue weighted by Crippen LogP contribution is 2.21. The molecule has 1 aliphatic heterocycles. The van der Waals surface area contributed by atoms with E-state index in [2.05, 4.69) is 31.2 Å². The van der Waals surface area contributed by atoms with Crippen LogP contribution in [0.5, 0.6) is 0 Å². The van der Waals surface area contributed by atoms with Crippen molar-refractivity contribution < 1.29 is 4.74 Å². The third-order valence-electron chi connectivity index (χ3n) is 3.60. The molecule has 0 aromatic carbocycles. The molecule has 0 spiro atoms. The van der Waals surface area contributed by atoms with E-state index in [4.69, 9.17) is 4.74 Å². The Hall–Kier alpha value is -2.05. The maximum atomic E-state index is 5.45. The maximum Gasteiger partial charge on any atom is 0.144 e. The van der Waals surface area contributed by atoms with Crippen molar-refractivity contribution in [3.63, 3.8) is 0 Å². The van der Waals surface area contributed by atoms with Gasteiger partial charge in [-0.15, -0.1) is 0 Å². The standard InChI is InChI=1S/C15H19N5O/c1-2-13(10-16-3-1)14(20-6-8-21-9-7-20)11-19-15-12-17-4-5-18-15/h1-5,10,12,14H,6-9,11H2,(H,18,19). The topological polar surface area (TPSA) is 63.2 Å². The van der Waals surface area contributed by atoms with Gasteiger partial charge in [0.25, 0.3) is 0 Å². The Kier molecular flexibility index (Phi) is 4.70. The predicted molar refractivity (Wildman–Crippen MR) is 79.9 cm³/mol. The smallest absolute Gasteiger partial charge is 0.144 e. The molecule has 110 valence electrons. The molecule has 1 atom stereocenters. The second-order valence-electron chi connectivity index (χ2n) is 4.92. The number of rotatable bonds is 5. The van der Waals surface area contributed by atoms with Crippen LogP contribution in [0, 0.1) is 0 Å². The first kappa shape index (κ1) is 13.9. The van der Waals surface area contributed by atoms with E-state index in [0.29, 0.717) is 0 Å². The molecule has 21 heavy (non-hydrogen) atoms. The van der Waals surface area contributed by atoms with Crippen molar-refractivity contribution in [2.45, 2.75) is 6.04 Å². The largest absolute Gasteiger partial charge is 0.379 e. The third-order valence-corrected chi connectivity index (χ3v) is 3.60. The quantitative estimate of drug-likeness (QED) is 0.895. The molecule has 3 rings (SSSR count). The molecule has 1 unspecified atom stereocenters. The average molecular weight is 285 g/mol. The predicted octanol–water partition coefficient (Wildman–Crippen LogP) is 1.36. The van der Waals surface area contributed by atoms with Gasteiger partial charge < -0.3 is 10.1 Å². The molecular weight excluding hydrogens is 266 g/mol. The molecule has 0 radical (unpaired) electrons. The molecule has 2 aromatic rings. The lowest BCUT2D eigenvalue weighted by Crippen LogP contribution is -2.41. The molecule has 1 fully saturated rings. The van der Waals surface area contributed by atoms with E-state index < -0.39 is 0 Å². The van der Waals surface area contributed by atoms with Crippen LogP contribution in [-0.2, 0) is 4.74 Å². The van der Waals surface area contributed by atoms with Gasteiger partial charge in [0.2, 0.25) is 0 Å². The van der Waals surface area contributed by atoms with Crippen molar-refractivity contribution in [1.29, 1.82) is 0 Å². The Bertz CT molecular complexity index is 530. The minimum absolute atomic E-state index is 0.254. The molecule has 6 nitrogen and oxygen atoms in total. The van der Waals surface area contributed by atoms with Gasteiger partial charge in [0.15, 0.2) is 0 Å². The number of aromatic nitrogens is 3. The minimum Gasteiger partial charge on any atom is -0.379 e. The van der Waals surface area contributed by atoms with E-state index in [1.165, 1.54) is 5.56 Å². The van der Waals surface area contributed by atoms with Gasteiger partial charge >= 0.3 is 0 Å². The van der Waals surface area contributed by atoms with Gasteiger partial charge in [-0.3, -0.25) is 14.9 Å². The zero-order valence-electron chi connectivity index (χ0n) is 11.9. The molecule has 6 heteroatoms. The molecule has 1 saturated heterocycles. The van der Waals surface area contributed by atoms with Crippen LogP contribution in [0.2, 0.25) is 0 Å². The van der Waals surface area contributed by atoms with Gasteiger partial charge in [0, 0.05) is 44.4 Å². The third kappa shape index (κ3) is 3.74. The Morgan fingerprint density at radius 3 is 2.71 bits per heavy atom. The van der Waals surface area contributed by atoms with E-state index in [1.54, 1.807) is 24.8 Å². The summed E-state index contributed by atoms with van der Waals surface area (Å²) < 4.78 is 5.45. The second kappa shape index (κ2) is 7.10. The summed E-state index contributed by atoms with van der Waals surface area (Å²) in [7, 11) is 0. The van der Waals surface area contributed by atoms with Gasteiger partial charge in [0.05, 0.1) is 25.5 Å². The minimum atomic E-state index is 0.254. The van der Waals surface area contributed by atoms with E-state index >= 15 is 0 Å². The van der Waals surface area contributed by atoms with Crippen LogP contribution in [0.4, 0.5) is 5.82 Å². The lowest BCUT2D eigenvalue weighted by atomic mass is 10.1. The number of ether oxygens (including phenoxy) is 1. The summed E-state index contributed by atoms with van der Waals surface area (Å²) in [5, 5.41) is 3.36. The van der Waals surface area contributed by atoms with Crippen molar-refractivity contribution in [2.24, 2.45) is 0 Å². The van der Waals surface area contributed by atoms with E-state index in [-0.39, 0.29) is 6.04 Å². The molecule has 0 aliphatic carbocycles. The summed E-state index contributed by atoms with van der Waals surface area (Å²) >= 11 is 0. The van der Waals surface area contributed by atoms with Crippen LogP contribution in [0.3, 0.4) is 0 Å². The zero-order chi connectivity index (χ0) is 14.3. The van der Waals surface area contributed by atoms with Crippen molar-refractivity contribution in [1.82, 2.24) is 19.9 Å². The Balaban J connectivity index is 1.72. The van der Waals surface area contributed by atoms with Gasteiger partial charge in [-0.1, -0.05) is 6.07 Å². The summed E-state index contributed by atoms with van der Waals surface area (Å²) in [4.78, 5) is 15.0. The zero-order valence-corrected chi connectivity index (χ0v) is 11.9. The molecule has 1 N–H and O–H groups in total. The Morgan fingerprint density at radius 2 is 2.00 bits per heavy atom. The highest BCUT2D eigenvalue weighted by atomic mass is 16.5. The van der Waals surface area contributed by atoms with E-state index in [0.717, 1.165) is 38.7 Å². The molecule has 1 aliphatic rings. The Morgan fingerprint density at radius 1 is 1.14 bits per heavy atom. The SMILES string of the molecule is c1cncc(C(CNc2cnccn2)N2CCOCC2)c1. The molecule has 0 bridgehead atoms. The summed E-state index contributed by atoms with van der Waals surface area (Å²) in [6.45, 7) is 4.19. The van der Waals surface area contributed by atoms with Gasteiger partial charge in [-0.2, -0.15) is 0 Å². The fourth-order valence-electron chi connectivity index (χ4n) is 2.51. The Labute approximate surface area is 124 Å². The first-order chi connectivity index (χ1) is 10.4. The fourth-order valence-corrected chi connectivity index (χ4v) is 2.51. The van der Waals surface area contributed by atoms with Crippen LogP contribution in [0.25, 0.3) is 0 Å². The van der Waals surface area contributed by atoms with Crippen molar-refractivity contribution in [2.75, 3.05) is 38.2 Å². The number of morpholine rings is 1. The maximum absolute atomic E-state index is 5.45. The molecule has 2 aromatic heterocycles. The summed E-state index contributed by atoms with van der Waals surface area (Å²) in [6.07, 6.45) is 8.83. The van der Waals surface area contributed by atoms with Crippen LogP contribution in [0.1, 0.15) is 11.6 Å². The first-order valence-corrected chi connectivity index (χ1v) is 7.15. The fraction of sp³-hybridized carbons (Fsp3) is 0.400. The highest BCUT2D eigenvalue weighted by Gasteiger charge is 2.22. The first-order valence-electron chi connectivity index (χ1n) is 7.15. The summed E-state index contributed by atoms with van der Waals surface area (Å²) in [6, 6.07) is 4.35. The second-order valence-corrected chi connectivity index (χ2v) is 4.92. The number of nitrogens with one attached hydrogen (secondary N) is 1. The van der Waals surface area contributed by atoms with E-state index in [1.807, 2.05) is 12.3 Å². The van der Waals surface area contributed by atoms with Crippen LogP contribution < -0.4 is 5.32 Å². The number of pyridine rings is 1. The molecular formula is C15H19N5O. The number of anilines is 1. The lowest BCUT2D eigenvalue weighted by molar-refractivity contribution is 0.0186. The van der Waals surface area contributed by atoms with Gasteiger partial charge in [0.1, 0.15) is 5.82 Å². The number of hydrogen-bond acceptors (Lipinski definition) is 6. The van der Waals surface area contributed by atoms with Crippen LogP contribution in [0.15, 0.2) is 43.1 Å². The average Bonchev–Trinajstić information content (AvgIpc) is 2.58. The van der Waals surface area contributed by atoms with Crippen molar-refractivity contribution >= 4 is 5.82 Å². The highest BCUT2D eigenvalue weighted by molar-refractivity contribution is 5.31. The van der Waals surface area contributed by atoms with Crippen LogP contribution in [-0.4, -0.2) is 52.7 Å². The van der Waals surface area contributed by atoms with E-state index in [9.17, 15) is 0 Å². The summed E-state index contributed by atoms with van der Waals surface area (Å²) in [5.41, 5.74) is 1.20. The molecule has 0 saturated carbocycles. The number of nitrogens with zero attached hydrogens (tertiary/aromatic N) is 4. The van der Waals surface area contributed by atoms with Crippen molar-refractivity contribution in [3.8, 4) is 0 Å². The van der Waals surface area contributed by atoms with Crippen LogP contribution >= 0.6 is 0 Å². The molecule has 3 heterocycles. The van der Waals surface area contributed by atoms with Gasteiger partial charge in [-0.25, -0.2) is 4.98 Å². The summed E-state index contributed by atoms with van der Waals surface area (Å²) in [5.74, 6) is 0.791.